The van der Waals surface area contributed by atoms with Crippen molar-refractivity contribution >= 4 is 27.7 Å². The first-order valence-electron chi connectivity index (χ1n) is 5.82. The topological polar surface area (TPSA) is 12.0 Å². The number of fused-ring (bicyclic) bond motifs is 1. The summed E-state index contributed by atoms with van der Waals surface area (Å²) in [7, 11) is 1.91. The fourth-order valence-electron chi connectivity index (χ4n) is 2.42. The van der Waals surface area contributed by atoms with Crippen LogP contribution in [0.2, 0.25) is 0 Å². The number of nitrogens with one attached hydrogen (secondary N) is 1. The van der Waals surface area contributed by atoms with E-state index in [-0.39, 0.29) is 11.9 Å². The Hall–Kier alpha value is -0.0600. The third-order valence-electron chi connectivity index (χ3n) is 3.27. The first-order valence-corrected chi connectivity index (χ1v) is 7.66. The van der Waals surface area contributed by atoms with Crippen LogP contribution in [0.3, 0.4) is 0 Å². The van der Waals surface area contributed by atoms with Gasteiger partial charge in [-0.05, 0) is 30.7 Å². The predicted octanol–water partition coefficient (Wildman–Crippen LogP) is 4.12. The maximum atomic E-state index is 14.1. The van der Waals surface area contributed by atoms with E-state index in [1.165, 1.54) is 0 Å². The Morgan fingerprint density at radius 1 is 1.47 bits per heavy atom. The summed E-state index contributed by atoms with van der Waals surface area (Å²) >= 11 is 5.43. The van der Waals surface area contributed by atoms with Gasteiger partial charge in [0.1, 0.15) is 5.82 Å². The highest BCUT2D eigenvalue weighted by Gasteiger charge is 2.34. The molecule has 0 aromatic heterocycles. The van der Waals surface area contributed by atoms with Crippen LogP contribution in [0.4, 0.5) is 4.39 Å². The molecule has 1 aliphatic heterocycles. The average molecular weight is 318 g/mol. The molecule has 0 radical (unpaired) electrons. The minimum absolute atomic E-state index is 0.0894. The number of halogens is 2. The van der Waals surface area contributed by atoms with Crippen molar-refractivity contribution in [2.45, 2.75) is 30.9 Å². The van der Waals surface area contributed by atoms with Crippen molar-refractivity contribution in [1.82, 2.24) is 5.32 Å². The SMILES string of the molecule is CNC1c2c(F)ccc(Br)c2CSC1C(C)C. The minimum Gasteiger partial charge on any atom is -0.312 e. The fraction of sp³-hybridized carbons (Fsp3) is 0.538. The van der Waals surface area contributed by atoms with Crippen molar-refractivity contribution in [2.24, 2.45) is 5.92 Å². The van der Waals surface area contributed by atoms with Crippen LogP contribution < -0.4 is 5.32 Å². The van der Waals surface area contributed by atoms with Crippen LogP contribution in [0.5, 0.6) is 0 Å². The lowest BCUT2D eigenvalue weighted by molar-refractivity contribution is 0.446. The number of benzene rings is 1. The highest BCUT2D eigenvalue weighted by atomic mass is 79.9. The van der Waals surface area contributed by atoms with E-state index in [1.54, 1.807) is 12.1 Å². The summed E-state index contributed by atoms with van der Waals surface area (Å²) in [5.41, 5.74) is 1.95. The van der Waals surface area contributed by atoms with Crippen molar-refractivity contribution < 1.29 is 4.39 Å². The molecule has 0 spiro atoms. The van der Waals surface area contributed by atoms with Gasteiger partial charge in [-0.25, -0.2) is 4.39 Å². The standard InChI is InChI=1S/C13H17BrFNS/c1-7(2)13-12(16-3)11-8(6-17-13)9(14)4-5-10(11)15/h4-5,7,12-13,16H,6H2,1-3H3. The molecule has 1 aliphatic rings. The third-order valence-corrected chi connectivity index (χ3v) is 5.67. The highest BCUT2D eigenvalue weighted by molar-refractivity contribution is 9.10. The van der Waals surface area contributed by atoms with Gasteiger partial charge in [-0.1, -0.05) is 29.8 Å². The lowest BCUT2D eigenvalue weighted by Crippen LogP contribution is -2.35. The van der Waals surface area contributed by atoms with E-state index >= 15 is 0 Å². The number of hydrogen-bond acceptors (Lipinski definition) is 2. The highest BCUT2D eigenvalue weighted by Crippen LogP contribution is 2.44. The largest absolute Gasteiger partial charge is 0.312 e. The van der Waals surface area contributed by atoms with Gasteiger partial charge in [0, 0.05) is 27.1 Å². The van der Waals surface area contributed by atoms with Crippen LogP contribution >= 0.6 is 27.7 Å². The molecular formula is C13H17BrFNS. The lowest BCUT2D eigenvalue weighted by Gasteiger charge is -2.36. The van der Waals surface area contributed by atoms with Crippen molar-refractivity contribution in [2.75, 3.05) is 7.05 Å². The molecule has 1 nitrogen and oxygen atoms in total. The van der Waals surface area contributed by atoms with Gasteiger partial charge in [-0.3, -0.25) is 0 Å². The van der Waals surface area contributed by atoms with Gasteiger partial charge >= 0.3 is 0 Å². The summed E-state index contributed by atoms with van der Waals surface area (Å²) in [4.78, 5) is 0. The Labute approximate surface area is 115 Å². The van der Waals surface area contributed by atoms with E-state index in [4.69, 9.17) is 0 Å². The Morgan fingerprint density at radius 3 is 2.76 bits per heavy atom. The second-order valence-electron chi connectivity index (χ2n) is 4.71. The molecule has 1 heterocycles. The van der Waals surface area contributed by atoms with Gasteiger partial charge in [-0.15, -0.1) is 0 Å². The predicted molar refractivity (Wildman–Crippen MR) is 75.8 cm³/mol. The summed E-state index contributed by atoms with van der Waals surface area (Å²) in [5, 5.41) is 3.71. The first-order chi connectivity index (χ1) is 8.06. The number of hydrogen-bond donors (Lipinski definition) is 1. The van der Waals surface area contributed by atoms with Crippen LogP contribution in [-0.2, 0) is 5.75 Å². The Morgan fingerprint density at radius 2 is 2.18 bits per heavy atom. The molecule has 0 bridgehead atoms. The summed E-state index contributed by atoms with van der Waals surface area (Å²) in [6, 6.07) is 3.46. The Balaban J connectivity index is 2.50. The molecular weight excluding hydrogens is 301 g/mol. The third kappa shape index (κ3) is 2.40. The van der Waals surface area contributed by atoms with E-state index in [9.17, 15) is 4.39 Å². The summed E-state index contributed by atoms with van der Waals surface area (Å²) in [6.45, 7) is 4.39. The molecule has 2 atom stereocenters. The molecule has 94 valence electrons. The van der Waals surface area contributed by atoms with Gasteiger partial charge in [0.15, 0.2) is 0 Å². The number of thioether (sulfide) groups is 1. The van der Waals surface area contributed by atoms with E-state index in [1.807, 2.05) is 18.8 Å². The second-order valence-corrected chi connectivity index (χ2v) is 6.73. The molecule has 1 aromatic rings. The fourth-order valence-corrected chi connectivity index (χ4v) is 4.61. The maximum Gasteiger partial charge on any atom is 0.128 e. The molecule has 0 fully saturated rings. The first kappa shape index (κ1) is 13.4. The van der Waals surface area contributed by atoms with Crippen LogP contribution in [0, 0.1) is 11.7 Å². The van der Waals surface area contributed by atoms with Crippen molar-refractivity contribution in [3.63, 3.8) is 0 Å². The van der Waals surface area contributed by atoms with Crippen molar-refractivity contribution in [3.05, 3.63) is 33.5 Å². The van der Waals surface area contributed by atoms with Crippen LogP contribution in [0.25, 0.3) is 0 Å². The minimum atomic E-state index is -0.0894. The molecule has 0 saturated heterocycles. The molecule has 17 heavy (non-hydrogen) atoms. The van der Waals surface area contributed by atoms with Gasteiger partial charge in [0.2, 0.25) is 0 Å². The molecule has 0 amide bonds. The quantitative estimate of drug-likeness (QED) is 0.880. The van der Waals surface area contributed by atoms with Crippen molar-refractivity contribution in [1.29, 1.82) is 0 Å². The molecule has 4 heteroatoms. The van der Waals surface area contributed by atoms with E-state index in [2.05, 4.69) is 35.1 Å². The summed E-state index contributed by atoms with van der Waals surface area (Å²) in [6.07, 6.45) is 0. The summed E-state index contributed by atoms with van der Waals surface area (Å²) < 4.78 is 15.1. The maximum absolute atomic E-state index is 14.1. The van der Waals surface area contributed by atoms with Gasteiger partial charge in [0.25, 0.3) is 0 Å². The van der Waals surface area contributed by atoms with Crippen molar-refractivity contribution in [3.8, 4) is 0 Å². The molecule has 0 aliphatic carbocycles. The average Bonchev–Trinajstić information content (AvgIpc) is 2.32. The molecule has 2 unspecified atom stereocenters. The molecule has 2 rings (SSSR count). The van der Waals surface area contributed by atoms with E-state index < -0.39 is 0 Å². The monoisotopic (exact) mass is 317 g/mol. The Bertz CT molecular complexity index is 422. The Kier molecular flexibility index (Phi) is 4.16. The van der Waals surface area contributed by atoms with Crippen LogP contribution in [0.1, 0.15) is 31.0 Å². The zero-order chi connectivity index (χ0) is 12.6. The van der Waals surface area contributed by atoms with E-state index in [0.29, 0.717) is 11.2 Å². The molecule has 0 saturated carbocycles. The number of rotatable bonds is 2. The molecule has 1 N–H and O–H groups in total. The van der Waals surface area contributed by atoms with E-state index in [0.717, 1.165) is 21.4 Å². The second kappa shape index (κ2) is 5.29. The zero-order valence-corrected chi connectivity index (χ0v) is 12.7. The molecule has 1 aromatic carbocycles. The van der Waals surface area contributed by atoms with Crippen LogP contribution in [-0.4, -0.2) is 12.3 Å². The normalized spacial score (nSPS) is 23.9. The zero-order valence-electron chi connectivity index (χ0n) is 10.3. The van der Waals surface area contributed by atoms with Crippen LogP contribution in [0.15, 0.2) is 16.6 Å². The van der Waals surface area contributed by atoms with Gasteiger partial charge in [0.05, 0.1) is 0 Å². The smallest absolute Gasteiger partial charge is 0.128 e. The summed E-state index contributed by atoms with van der Waals surface area (Å²) in [5.74, 6) is 1.33. The van der Waals surface area contributed by atoms with Gasteiger partial charge in [-0.2, -0.15) is 11.8 Å². The lowest BCUT2D eigenvalue weighted by atomic mass is 9.92. The van der Waals surface area contributed by atoms with Gasteiger partial charge < -0.3 is 5.32 Å².